The summed E-state index contributed by atoms with van der Waals surface area (Å²) in [4.78, 5) is 2.24. The van der Waals surface area contributed by atoms with Crippen LogP contribution in [0.3, 0.4) is 0 Å². The van der Waals surface area contributed by atoms with E-state index in [4.69, 9.17) is 0 Å². The molecule has 0 bridgehead atoms. The van der Waals surface area contributed by atoms with Crippen molar-refractivity contribution < 1.29 is 0 Å². The second-order valence-electron chi connectivity index (χ2n) is 3.40. The van der Waals surface area contributed by atoms with Gasteiger partial charge in [-0.1, -0.05) is 13.5 Å². The first-order valence-corrected chi connectivity index (χ1v) is 4.60. The Bertz CT molecular complexity index is 143. The van der Waals surface area contributed by atoms with Crippen LogP contribution in [0.4, 0.5) is 0 Å². The van der Waals surface area contributed by atoms with Crippen molar-refractivity contribution >= 4 is 0 Å². The fraction of sp³-hybridized carbons (Fsp3) is 0.800. The monoisotopic (exact) mass is 170 g/mol. The third kappa shape index (κ3) is 2.86. The van der Waals surface area contributed by atoms with E-state index in [0.29, 0.717) is 12.1 Å². The Labute approximate surface area is 76.6 Å². The lowest BCUT2D eigenvalue weighted by Crippen LogP contribution is -2.44. The average Bonchev–Trinajstić information content (AvgIpc) is 2.05. The van der Waals surface area contributed by atoms with E-state index in [-0.39, 0.29) is 0 Å². The topological polar surface area (TPSA) is 15.3 Å². The second-order valence-corrected chi connectivity index (χ2v) is 3.40. The minimum atomic E-state index is 0.511. The number of rotatable bonds is 5. The lowest BCUT2D eigenvalue weighted by atomic mass is 10.1. The Morgan fingerprint density at radius 3 is 2.33 bits per heavy atom. The first kappa shape index (κ1) is 11.5. The van der Waals surface area contributed by atoms with E-state index in [2.05, 4.69) is 37.7 Å². The van der Waals surface area contributed by atoms with Gasteiger partial charge in [0.15, 0.2) is 0 Å². The molecule has 12 heavy (non-hydrogen) atoms. The van der Waals surface area contributed by atoms with Crippen LogP contribution in [0.1, 0.15) is 27.2 Å². The van der Waals surface area contributed by atoms with Crippen LogP contribution < -0.4 is 5.32 Å². The van der Waals surface area contributed by atoms with Crippen molar-refractivity contribution in [2.45, 2.75) is 39.3 Å². The van der Waals surface area contributed by atoms with Gasteiger partial charge < -0.3 is 10.2 Å². The molecule has 2 nitrogen and oxygen atoms in total. The van der Waals surface area contributed by atoms with Crippen LogP contribution in [0.5, 0.6) is 0 Å². The smallest absolute Gasteiger partial charge is 0.0431 e. The summed E-state index contributed by atoms with van der Waals surface area (Å²) in [6.45, 7) is 10.4. The first-order valence-electron chi connectivity index (χ1n) is 4.60. The molecule has 2 unspecified atom stereocenters. The molecule has 0 aromatic rings. The molecule has 0 radical (unpaired) electrons. The quantitative estimate of drug-likeness (QED) is 0.677. The van der Waals surface area contributed by atoms with Gasteiger partial charge in [0.1, 0.15) is 0 Å². The zero-order chi connectivity index (χ0) is 9.72. The molecule has 0 amide bonds. The highest BCUT2D eigenvalue weighted by molar-refractivity contribution is 4.93. The molecule has 1 N–H and O–H groups in total. The van der Waals surface area contributed by atoms with E-state index in [9.17, 15) is 0 Å². The molecule has 0 aliphatic heterocycles. The summed E-state index contributed by atoms with van der Waals surface area (Å²) in [6, 6.07) is 1.06. The third-order valence-corrected chi connectivity index (χ3v) is 2.55. The van der Waals surface area contributed by atoms with Crippen LogP contribution in [0.25, 0.3) is 0 Å². The van der Waals surface area contributed by atoms with Crippen molar-refractivity contribution in [1.29, 1.82) is 0 Å². The normalized spacial score (nSPS) is 15.4. The van der Waals surface area contributed by atoms with Gasteiger partial charge in [-0.15, -0.1) is 0 Å². The van der Waals surface area contributed by atoms with Gasteiger partial charge in [0.2, 0.25) is 0 Å². The fourth-order valence-corrected chi connectivity index (χ4v) is 1.44. The van der Waals surface area contributed by atoms with Crippen LogP contribution in [0.15, 0.2) is 12.3 Å². The van der Waals surface area contributed by atoms with Gasteiger partial charge in [0, 0.05) is 24.8 Å². The number of hydrogen-bond donors (Lipinski definition) is 1. The molecule has 2 atom stereocenters. The lowest BCUT2D eigenvalue weighted by Gasteiger charge is -2.33. The predicted molar refractivity (Wildman–Crippen MR) is 55.2 cm³/mol. The van der Waals surface area contributed by atoms with Gasteiger partial charge in [0.25, 0.3) is 0 Å². The van der Waals surface area contributed by atoms with Crippen LogP contribution in [0, 0.1) is 0 Å². The van der Waals surface area contributed by atoms with Crippen LogP contribution in [0.2, 0.25) is 0 Å². The number of hydrogen-bond acceptors (Lipinski definition) is 2. The van der Waals surface area contributed by atoms with Crippen molar-refractivity contribution in [2.75, 3.05) is 14.1 Å². The standard InChI is InChI=1S/C10H22N2/c1-7-10(9(4)11-5)12(6)8(2)3/h9-11H,2,7H2,1,3-6H3. The summed E-state index contributed by atoms with van der Waals surface area (Å²) in [7, 11) is 4.10. The highest BCUT2D eigenvalue weighted by atomic mass is 15.2. The minimum absolute atomic E-state index is 0.511. The average molecular weight is 170 g/mol. The molecule has 2 heteroatoms. The summed E-state index contributed by atoms with van der Waals surface area (Å²) in [5.41, 5.74) is 1.13. The van der Waals surface area contributed by atoms with Gasteiger partial charge in [-0.05, 0) is 27.3 Å². The number of likely N-dealkylation sites (N-methyl/N-ethyl adjacent to an activating group) is 2. The Morgan fingerprint density at radius 1 is 1.58 bits per heavy atom. The van der Waals surface area contributed by atoms with Crippen LogP contribution in [-0.2, 0) is 0 Å². The van der Waals surface area contributed by atoms with Gasteiger partial charge in [-0.25, -0.2) is 0 Å². The highest BCUT2D eigenvalue weighted by Crippen LogP contribution is 2.11. The SMILES string of the molecule is C=C(C)N(C)C(CC)C(C)NC. The van der Waals surface area contributed by atoms with Gasteiger partial charge in [-0.2, -0.15) is 0 Å². The Hall–Kier alpha value is -0.500. The van der Waals surface area contributed by atoms with E-state index in [1.165, 1.54) is 0 Å². The zero-order valence-corrected chi connectivity index (χ0v) is 9.02. The summed E-state index contributed by atoms with van der Waals surface area (Å²) in [5.74, 6) is 0. The first-order chi connectivity index (χ1) is 5.54. The third-order valence-electron chi connectivity index (χ3n) is 2.55. The molecule has 0 aromatic carbocycles. The zero-order valence-electron chi connectivity index (χ0n) is 9.02. The number of nitrogens with zero attached hydrogens (tertiary/aromatic N) is 1. The maximum absolute atomic E-state index is 3.94. The summed E-state index contributed by atoms with van der Waals surface area (Å²) in [6.07, 6.45) is 1.14. The lowest BCUT2D eigenvalue weighted by molar-refractivity contribution is 0.246. The van der Waals surface area contributed by atoms with Gasteiger partial charge in [0.05, 0.1) is 0 Å². The van der Waals surface area contributed by atoms with Gasteiger partial charge in [-0.3, -0.25) is 0 Å². The van der Waals surface area contributed by atoms with Crippen LogP contribution in [-0.4, -0.2) is 31.1 Å². The molecule has 0 saturated heterocycles. The summed E-state index contributed by atoms with van der Waals surface area (Å²) < 4.78 is 0. The number of nitrogens with one attached hydrogen (secondary N) is 1. The molecule has 0 heterocycles. The maximum Gasteiger partial charge on any atom is 0.0431 e. The summed E-state index contributed by atoms with van der Waals surface area (Å²) >= 11 is 0. The van der Waals surface area contributed by atoms with Crippen molar-refractivity contribution in [3.05, 3.63) is 12.3 Å². The molecule has 0 rings (SSSR count). The molecule has 0 fully saturated rings. The molecule has 0 aliphatic rings. The van der Waals surface area contributed by atoms with E-state index in [1.807, 2.05) is 14.0 Å². The molecular weight excluding hydrogens is 148 g/mol. The summed E-state index contributed by atoms with van der Waals surface area (Å²) in [5, 5.41) is 3.27. The van der Waals surface area contributed by atoms with E-state index < -0.39 is 0 Å². The van der Waals surface area contributed by atoms with Crippen LogP contribution >= 0.6 is 0 Å². The maximum atomic E-state index is 3.94. The van der Waals surface area contributed by atoms with Crippen molar-refractivity contribution in [1.82, 2.24) is 10.2 Å². The van der Waals surface area contributed by atoms with Gasteiger partial charge >= 0.3 is 0 Å². The minimum Gasteiger partial charge on any atom is -0.374 e. The fourth-order valence-electron chi connectivity index (χ4n) is 1.44. The Balaban J connectivity index is 4.23. The molecule has 0 saturated carbocycles. The largest absolute Gasteiger partial charge is 0.374 e. The van der Waals surface area contributed by atoms with Crippen molar-refractivity contribution in [3.8, 4) is 0 Å². The van der Waals surface area contributed by atoms with Crippen molar-refractivity contribution in [3.63, 3.8) is 0 Å². The van der Waals surface area contributed by atoms with E-state index in [1.54, 1.807) is 0 Å². The van der Waals surface area contributed by atoms with E-state index >= 15 is 0 Å². The molecular formula is C10H22N2. The Morgan fingerprint density at radius 2 is 2.08 bits per heavy atom. The molecule has 0 aliphatic carbocycles. The molecule has 0 spiro atoms. The van der Waals surface area contributed by atoms with E-state index in [0.717, 1.165) is 12.1 Å². The molecule has 72 valence electrons. The highest BCUT2D eigenvalue weighted by Gasteiger charge is 2.17. The second kappa shape index (κ2) is 5.20. The van der Waals surface area contributed by atoms with Crippen molar-refractivity contribution in [2.24, 2.45) is 0 Å². The predicted octanol–water partition coefficient (Wildman–Crippen LogP) is 1.84. The number of allylic oxidation sites excluding steroid dienone is 1. The Kier molecular flexibility index (Phi) is 4.98. The molecule has 0 aromatic heterocycles.